The van der Waals surface area contributed by atoms with E-state index in [-0.39, 0.29) is 6.42 Å². The van der Waals surface area contributed by atoms with Crippen LogP contribution in [0.4, 0.5) is 5.95 Å². The fourth-order valence-electron chi connectivity index (χ4n) is 2.43. The van der Waals surface area contributed by atoms with Crippen LogP contribution in [-0.4, -0.2) is 71.2 Å². The standard InChI is InChI=1S/C15H22N4O4/c1-2-23-14(22)12-10-16-15(17-11-12)19-8-6-18(7-9-19)5-3-4-13(20)21/h10-11H,2-9H2,1H3,(H,20,21). The number of aliphatic carboxylic acids is 1. The summed E-state index contributed by atoms with van der Waals surface area (Å²) >= 11 is 0. The highest BCUT2D eigenvalue weighted by Gasteiger charge is 2.19. The van der Waals surface area contributed by atoms with Crippen LogP contribution in [0.2, 0.25) is 0 Å². The number of ether oxygens (including phenoxy) is 1. The first-order valence-corrected chi connectivity index (χ1v) is 7.78. The fraction of sp³-hybridized carbons (Fsp3) is 0.600. The number of carboxylic acid groups (broad SMARTS) is 1. The summed E-state index contributed by atoms with van der Waals surface area (Å²) < 4.78 is 4.90. The van der Waals surface area contributed by atoms with Gasteiger partial charge < -0.3 is 14.7 Å². The third kappa shape index (κ3) is 5.17. The maximum atomic E-state index is 11.6. The third-order valence-corrected chi connectivity index (χ3v) is 3.67. The number of carboxylic acids is 1. The SMILES string of the molecule is CCOC(=O)c1cnc(N2CCN(CCCC(=O)O)CC2)nc1. The van der Waals surface area contributed by atoms with Crippen molar-refractivity contribution in [2.45, 2.75) is 19.8 Å². The lowest BCUT2D eigenvalue weighted by atomic mass is 10.2. The van der Waals surface area contributed by atoms with Gasteiger partial charge in [-0.25, -0.2) is 14.8 Å². The molecule has 0 radical (unpaired) electrons. The highest BCUT2D eigenvalue weighted by molar-refractivity contribution is 5.88. The van der Waals surface area contributed by atoms with E-state index in [9.17, 15) is 9.59 Å². The largest absolute Gasteiger partial charge is 0.481 e. The van der Waals surface area contributed by atoms with E-state index >= 15 is 0 Å². The minimum Gasteiger partial charge on any atom is -0.481 e. The van der Waals surface area contributed by atoms with Crippen molar-refractivity contribution in [2.75, 3.05) is 44.2 Å². The molecule has 0 atom stereocenters. The van der Waals surface area contributed by atoms with E-state index in [2.05, 4.69) is 19.8 Å². The molecule has 1 aromatic heterocycles. The van der Waals surface area contributed by atoms with Crippen LogP contribution in [0.15, 0.2) is 12.4 Å². The Morgan fingerprint density at radius 1 is 1.22 bits per heavy atom. The summed E-state index contributed by atoms with van der Waals surface area (Å²) in [6.45, 7) is 6.14. The number of carbonyl (C=O) groups is 2. The number of piperazine rings is 1. The van der Waals surface area contributed by atoms with Gasteiger partial charge in [0.15, 0.2) is 0 Å². The Hall–Kier alpha value is -2.22. The number of aromatic nitrogens is 2. The van der Waals surface area contributed by atoms with Gasteiger partial charge in [0.25, 0.3) is 0 Å². The van der Waals surface area contributed by atoms with Gasteiger partial charge >= 0.3 is 11.9 Å². The molecule has 0 amide bonds. The molecule has 2 rings (SSSR count). The smallest absolute Gasteiger partial charge is 0.341 e. The van der Waals surface area contributed by atoms with Crippen LogP contribution >= 0.6 is 0 Å². The van der Waals surface area contributed by atoms with E-state index in [4.69, 9.17) is 9.84 Å². The average molecular weight is 322 g/mol. The lowest BCUT2D eigenvalue weighted by molar-refractivity contribution is -0.137. The molecule has 0 saturated carbocycles. The van der Waals surface area contributed by atoms with Crippen LogP contribution < -0.4 is 4.90 Å². The van der Waals surface area contributed by atoms with Crippen LogP contribution in [-0.2, 0) is 9.53 Å². The van der Waals surface area contributed by atoms with Gasteiger partial charge in [-0.15, -0.1) is 0 Å². The molecule has 23 heavy (non-hydrogen) atoms. The second kappa shape index (κ2) is 8.42. The molecular formula is C15H22N4O4. The van der Waals surface area contributed by atoms with Gasteiger partial charge in [0.05, 0.1) is 12.2 Å². The summed E-state index contributed by atoms with van der Waals surface area (Å²) in [5, 5.41) is 8.65. The Morgan fingerprint density at radius 2 is 1.87 bits per heavy atom. The molecule has 8 heteroatoms. The number of hydrogen-bond acceptors (Lipinski definition) is 7. The molecule has 126 valence electrons. The molecule has 1 aliphatic heterocycles. The van der Waals surface area contributed by atoms with E-state index in [1.54, 1.807) is 6.92 Å². The Bertz CT molecular complexity index is 527. The van der Waals surface area contributed by atoms with Crippen molar-refractivity contribution in [3.63, 3.8) is 0 Å². The Labute approximate surface area is 135 Å². The molecule has 0 unspecified atom stereocenters. The molecule has 0 spiro atoms. The van der Waals surface area contributed by atoms with Gasteiger partial charge in [-0.3, -0.25) is 9.69 Å². The minimum atomic E-state index is -0.751. The van der Waals surface area contributed by atoms with Crippen molar-refractivity contribution in [3.05, 3.63) is 18.0 Å². The van der Waals surface area contributed by atoms with Crippen LogP contribution in [0.1, 0.15) is 30.1 Å². The van der Waals surface area contributed by atoms with Gasteiger partial charge in [0.2, 0.25) is 5.95 Å². The van der Waals surface area contributed by atoms with Crippen molar-refractivity contribution >= 4 is 17.9 Å². The normalized spacial score (nSPS) is 15.4. The van der Waals surface area contributed by atoms with E-state index in [1.165, 1.54) is 12.4 Å². The molecule has 0 aliphatic carbocycles. The van der Waals surface area contributed by atoms with Crippen LogP contribution in [0.5, 0.6) is 0 Å². The molecule has 0 aromatic carbocycles. The molecule has 1 N–H and O–H groups in total. The van der Waals surface area contributed by atoms with E-state index in [0.29, 0.717) is 24.5 Å². The zero-order valence-electron chi connectivity index (χ0n) is 13.3. The van der Waals surface area contributed by atoms with Gasteiger partial charge in [0.1, 0.15) is 0 Å². The van der Waals surface area contributed by atoms with Gasteiger partial charge in [-0.1, -0.05) is 0 Å². The van der Waals surface area contributed by atoms with Gasteiger partial charge in [-0.2, -0.15) is 0 Å². The molecule has 0 bridgehead atoms. The Morgan fingerprint density at radius 3 is 2.43 bits per heavy atom. The summed E-state index contributed by atoms with van der Waals surface area (Å²) in [6, 6.07) is 0. The fourth-order valence-corrected chi connectivity index (χ4v) is 2.43. The van der Waals surface area contributed by atoms with E-state index < -0.39 is 11.9 Å². The van der Waals surface area contributed by atoms with Crippen molar-refractivity contribution in [1.82, 2.24) is 14.9 Å². The van der Waals surface area contributed by atoms with E-state index in [0.717, 1.165) is 32.7 Å². The molecule has 1 saturated heterocycles. The lowest BCUT2D eigenvalue weighted by Gasteiger charge is -2.34. The zero-order valence-corrected chi connectivity index (χ0v) is 13.3. The molecule has 1 aliphatic rings. The second-order valence-electron chi connectivity index (χ2n) is 5.32. The molecule has 2 heterocycles. The van der Waals surface area contributed by atoms with Crippen molar-refractivity contribution in [2.24, 2.45) is 0 Å². The molecule has 1 aromatic rings. The zero-order chi connectivity index (χ0) is 16.7. The number of carbonyl (C=O) groups excluding carboxylic acids is 1. The number of nitrogens with zero attached hydrogens (tertiary/aromatic N) is 4. The number of rotatable bonds is 7. The average Bonchev–Trinajstić information content (AvgIpc) is 2.55. The maximum Gasteiger partial charge on any atom is 0.341 e. The number of anilines is 1. The maximum absolute atomic E-state index is 11.6. The lowest BCUT2D eigenvalue weighted by Crippen LogP contribution is -2.47. The third-order valence-electron chi connectivity index (χ3n) is 3.67. The predicted molar refractivity (Wildman–Crippen MR) is 83.5 cm³/mol. The minimum absolute atomic E-state index is 0.207. The van der Waals surface area contributed by atoms with Crippen LogP contribution in [0, 0.1) is 0 Å². The monoisotopic (exact) mass is 322 g/mol. The number of hydrogen-bond donors (Lipinski definition) is 1. The first-order valence-electron chi connectivity index (χ1n) is 7.78. The summed E-state index contributed by atoms with van der Waals surface area (Å²) in [5.74, 6) is -0.566. The van der Waals surface area contributed by atoms with Crippen molar-refractivity contribution in [1.29, 1.82) is 0 Å². The van der Waals surface area contributed by atoms with E-state index in [1.807, 2.05) is 0 Å². The van der Waals surface area contributed by atoms with Gasteiger partial charge in [0, 0.05) is 45.0 Å². The van der Waals surface area contributed by atoms with Gasteiger partial charge in [-0.05, 0) is 19.9 Å². The first-order chi connectivity index (χ1) is 11.1. The van der Waals surface area contributed by atoms with Crippen molar-refractivity contribution < 1.29 is 19.4 Å². The van der Waals surface area contributed by atoms with Crippen LogP contribution in [0.25, 0.3) is 0 Å². The first kappa shape index (κ1) is 17.1. The Balaban J connectivity index is 1.80. The summed E-state index contributed by atoms with van der Waals surface area (Å²) in [4.78, 5) is 34.8. The molecule has 1 fully saturated rings. The molecule has 8 nitrogen and oxygen atoms in total. The summed E-state index contributed by atoms with van der Waals surface area (Å²) in [5.41, 5.74) is 0.350. The summed E-state index contributed by atoms with van der Waals surface area (Å²) in [7, 11) is 0. The second-order valence-corrected chi connectivity index (χ2v) is 5.32. The van der Waals surface area contributed by atoms with Crippen LogP contribution in [0.3, 0.4) is 0 Å². The highest BCUT2D eigenvalue weighted by Crippen LogP contribution is 2.12. The quantitative estimate of drug-likeness (QED) is 0.731. The topological polar surface area (TPSA) is 95.9 Å². The molecular weight excluding hydrogens is 300 g/mol. The number of esters is 1. The predicted octanol–water partition coefficient (Wildman–Crippen LogP) is 0.640. The summed E-state index contributed by atoms with van der Waals surface area (Å²) in [6.07, 6.45) is 3.85. The van der Waals surface area contributed by atoms with Crippen molar-refractivity contribution in [3.8, 4) is 0 Å². The highest BCUT2D eigenvalue weighted by atomic mass is 16.5. The Kier molecular flexibility index (Phi) is 6.28.